The molecule has 1 aliphatic rings. The number of para-hydroxylation sites is 1. The Balaban J connectivity index is 1.64. The molecular weight excluding hydrogens is 372 g/mol. The highest BCUT2D eigenvalue weighted by Crippen LogP contribution is 2.40. The third kappa shape index (κ3) is 2.77. The quantitative estimate of drug-likeness (QED) is 0.519. The van der Waals surface area contributed by atoms with E-state index in [-0.39, 0.29) is 6.04 Å². The predicted octanol–water partition coefficient (Wildman–Crippen LogP) is 4.61. The first-order valence-corrected chi connectivity index (χ1v) is 9.53. The van der Waals surface area contributed by atoms with E-state index in [1.54, 1.807) is 17.2 Å². The van der Waals surface area contributed by atoms with E-state index >= 15 is 0 Å². The number of fused-ring (bicyclic) bond motifs is 1. The van der Waals surface area contributed by atoms with E-state index in [0.29, 0.717) is 5.02 Å². The van der Waals surface area contributed by atoms with Crippen molar-refractivity contribution in [1.29, 1.82) is 0 Å². The molecule has 0 amide bonds. The molecule has 0 spiro atoms. The molecule has 7 heteroatoms. The number of rotatable bonds is 3. The molecule has 6 nitrogen and oxygen atoms in total. The van der Waals surface area contributed by atoms with Crippen molar-refractivity contribution in [1.82, 2.24) is 25.0 Å². The third-order valence-corrected chi connectivity index (χ3v) is 5.43. The van der Waals surface area contributed by atoms with Crippen LogP contribution in [-0.2, 0) is 0 Å². The van der Waals surface area contributed by atoms with Crippen molar-refractivity contribution in [2.75, 3.05) is 11.4 Å². The Labute approximate surface area is 167 Å². The molecule has 2 aromatic heterocycles. The van der Waals surface area contributed by atoms with Gasteiger partial charge in [0.2, 0.25) is 0 Å². The third-order valence-electron chi connectivity index (χ3n) is 5.12. The summed E-state index contributed by atoms with van der Waals surface area (Å²) in [5.74, 6) is 0.891. The first-order valence-electron chi connectivity index (χ1n) is 9.15. The summed E-state index contributed by atoms with van der Waals surface area (Å²) < 4.78 is 0. The van der Waals surface area contributed by atoms with Crippen LogP contribution in [0.4, 0.5) is 5.69 Å². The van der Waals surface area contributed by atoms with Gasteiger partial charge in [-0.1, -0.05) is 35.9 Å². The van der Waals surface area contributed by atoms with Crippen molar-refractivity contribution >= 4 is 28.3 Å². The molecule has 1 saturated heterocycles. The highest BCUT2D eigenvalue weighted by Gasteiger charge is 2.33. The van der Waals surface area contributed by atoms with Crippen LogP contribution >= 0.6 is 11.6 Å². The molecule has 140 valence electrons. The maximum absolute atomic E-state index is 6.34. The van der Waals surface area contributed by atoms with Crippen LogP contribution in [0.5, 0.6) is 0 Å². The first-order chi connectivity index (χ1) is 13.6. The Kier molecular flexibility index (Phi) is 3.94. The maximum Gasteiger partial charge on any atom is 0.130 e. The summed E-state index contributed by atoms with van der Waals surface area (Å²) in [5.41, 5.74) is 6.08. The lowest BCUT2D eigenvalue weighted by atomic mass is 10.1. The second-order valence-corrected chi connectivity index (χ2v) is 7.57. The number of H-pyrrole nitrogens is 1. The lowest BCUT2D eigenvalue weighted by Gasteiger charge is -2.27. The fourth-order valence-electron chi connectivity index (χ4n) is 3.84. The van der Waals surface area contributed by atoms with Gasteiger partial charge in [0.25, 0.3) is 0 Å². The molecule has 1 fully saturated rings. The number of aryl methyl sites for hydroxylation is 1. The average Bonchev–Trinajstić information content (AvgIpc) is 3.41. The summed E-state index contributed by atoms with van der Waals surface area (Å²) in [4.78, 5) is 12.2. The highest BCUT2D eigenvalue weighted by molar-refractivity contribution is 6.34. The molecule has 0 saturated carbocycles. The second kappa shape index (κ2) is 6.49. The van der Waals surface area contributed by atoms with Crippen LogP contribution in [0.1, 0.15) is 23.9 Å². The summed E-state index contributed by atoms with van der Waals surface area (Å²) in [6.07, 6.45) is 4.20. The molecule has 4 aromatic rings. The lowest BCUT2D eigenvalue weighted by Crippen LogP contribution is -2.25. The van der Waals surface area contributed by atoms with Crippen LogP contribution in [0, 0.1) is 6.92 Å². The largest absolute Gasteiger partial charge is 0.355 e. The number of nitrogens with one attached hydrogen (secondary N) is 1. The highest BCUT2D eigenvalue weighted by atomic mass is 35.5. The normalized spacial score (nSPS) is 17.0. The monoisotopic (exact) mass is 390 g/mol. The van der Waals surface area contributed by atoms with Crippen molar-refractivity contribution in [2.24, 2.45) is 0 Å². The Bertz CT molecular complexity index is 1180. The average molecular weight is 391 g/mol. The molecular formula is C21H19ClN6. The van der Waals surface area contributed by atoms with Crippen LogP contribution in [0.2, 0.25) is 5.02 Å². The van der Waals surface area contributed by atoms with Gasteiger partial charge in [-0.2, -0.15) is 10.2 Å². The number of benzene rings is 2. The van der Waals surface area contributed by atoms with Crippen LogP contribution in [0.25, 0.3) is 16.7 Å². The number of anilines is 1. The minimum absolute atomic E-state index is 0.0482. The van der Waals surface area contributed by atoms with E-state index in [9.17, 15) is 0 Å². The molecule has 2 aromatic carbocycles. The van der Waals surface area contributed by atoms with Crippen LogP contribution in [0.15, 0.2) is 60.9 Å². The van der Waals surface area contributed by atoms with Gasteiger partial charge in [-0.15, -0.1) is 4.80 Å². The Hall–Kier alpha value is -3.12. The van der Waals surface area contributed by atoms with Gasteiger partial charge in [0.15, 0.2) is 0 Å². The molecule has 3 heterocycles. The van der Waals surface area contributed by atoms with Crippen molar-refractivity contribution in [3.8, 4) is 5.69 Å². The Morgan fingerprint density at radius 1 is 1.14 bits per heavy atom. The number of imidazole rings is 1. The van der Waals surface area contributed by atoms with Gasteiger partial charge in [0.05, 0.1) is 34.7 Å². The van der Waals surface area contributed by atoms with Gasteiger partial charge < -0.3 is 9.88 Å². The zero-order chi connectivity index (χ0) is 19.3. The fraction of sp³-hybridized carbons (Fsp3) is 0.190. The molecule has 28 heavy (non-hydrogen) atoms. The SMILES string of the molecule is C=C1C[C@@H](c2nc3c(Cl)cccc3[nH]2)N(c2cc(C)ccc2-n2nccn2)C1. The number of halogens is 1. The number of aromatic amines is 1. The van der Waals surface area contributed by atoms with Crippen molar-refractivity contribution in [3.63, 3.8) is 0 Å². The number of aromatic nitrogens is 5. The van der Waals surface area contributed by atoms with Crippen LogP contribution < -0.4 is 4.90 Å². The zero-order valence-electron chi connectivity index (χ0n) is 15.4. The summed E-state index contributed by atoms with van der Waals surface area (Å²) in [6.45, 7) is 7.09. The van der Waals surface area contributed by atoms with E-state index in [1.807, 2.05) is 18.2 Å². The molecule has 0 bridgehead atoms. The van der Waals surface area contributed by atoms with E-state index in [1.165, 1.54) is 5.56 Å². The van der Waals surface area contributed by atoms with E-state index < -0.39 is 0 Å². The summed E-state index contributed by atoms with van der Waals surface area (Å²) in [6, 6.07) is 12.1. The van der Waals surface area contributed by atoms with Gasteiger partial charge >= 0.3 is 0 Å². The van der Waals surface area contributed by atoms with Crippen molar-refractivity contribution in [2.45, 2.75) is 19.4 Å². The molecule has 5 rings (SSSR count). The van der Waals surface area contributed by atoms with Crippen molar-refractivity contribution in [3.05, 3.63) is 77.4 Å². The maximum atomic E-state index is 6.34. The first kappa shape index (κ1) is 17.0. The molecule has 1 atom stereocenters. The smallest absolute Gasteiger partial charge is 0.130 e. The molecule has 0 unspecified atom stereocenters. The zero-order valence-corrected chi connectivity index (χ0v) is 16.2. The Morgan fingerprint density at radius 2 is 1.96 bits per heavy atom. The van der Waals surface area contributed by atoms with Gasteiger partial charge in [0.1, 0.15) is 17.0 Å². The lowest BCUT2D eigenvalue weighted by molar-refractivity contribution is 0.679. The molecule has 1 aliphatic heterocycles. The van der Waals surface area contributed by atoms with Crippen LogP contribution in [0.3, 0.4) is 0 Å². The summed E-state index contributed by atoms with van der Waals surface area (Å²) >= 11 is 6.34. The summed E-state index contributed by atoms with van der Waals surface area (Å²) in [7, 11) is 0. The minimum atomic E-state index is 0.0482. The fourth-order valence-corrected chi connectivity index (χ4v) is 4.06. The van der Waals surface area contributed by atoms with E-state index in [0.717, 1.165) is 46.8 Å². The number of nitrogens with zero attached hydrogens (tertiary/aromatic N) is 5. The standard InChI is InChI=1S/C21H19ClN6/c1-13-6-7-17(28-23-8-9-24-28)18(10-13)27-12-14(2)11-19(27)21-25-16-5-3-4-15(22)20(16)26-21/h3-10,19H,2,11-12H2,1H3,(H,25,26)/t19-/m0/s1. The number of hydrogen-bond donors (Lipinski definition) is 1. The molecule has 0 radical (unpaired) electrons. The van der Waals surface area contributed by atoms with Gasteiger partial charge in [-0.05, 0) is 43.2 Å². The Morgan fingerprint density at radius 3 is 2.75 bits per heavy atom. The van der Waals surface area contributed by atoms with E-state index in [4.69, 9.17) is 16.6 Å². The minimum Gasteiger partial charge on any atom is -0.355 e. The topological polar surface area (TPSA) is 62.6 Å². The van der Waals surface area contributed by atoms with Gasteiger partial charge in [-0.3, -0.25) is 0 Å². The number of hydrogen-bond acceptors (Lipinski definition) is 4. The van der Waals surface area contributed by atoms with Crippen LogP contribution in [-0.4, -0.2) is 31.5 Å². The summed E-state index contributed by atoms with van der Waals surface area (Å²) in [5, 5.41) is 9.31. The predicted molar refractivity (Wildman–Crippen MR) is 111 cm³/mol. The van der Waals surface area contributed by atoms with Crippen molar-refractivity contribution < 1.29 is 0 Å². The molecule has 1 N–H and O–H groups in total. The van der Waals surface area contributed by atoms with Gasteiger partial charge in [0, 0.05) is 6.54 Å². The van der Waals surface area contributed by atoms with E-state index in [2.05, 4.69) is 51.8 Å². The van der Waals surface area contributed by atoms with Gasteiger partial charge in [-0.25, -0.2) is 4.98 Å². The second-order valence-electron chi connectivity index (χ2n) is 7.17. The molecule has 0 aliphatic carbocycles.